The van der Waals surface area contributed by atoms with Crippen LogP contribution in [0.4, 0.5) is 5.69 Å². The number of pyridine rings is 1. The Morgan fingerprint density at radius 2 is 1.88 bits per heavy atom. The maximum Gasteiger partial charge on any atom is 0.0723 e. The Morgan fingerprint density at radius 1 is 1.18 bits per heavy atom. The fourth-order valence-electron chi connectivity index (χ4n) is 2.23. The topological polar surface area (TPSA) is 42.1 Å². The van der Waals surface area contributed by atoms with Crippen molar-refractivity contribution in [3.05, 3.63) is 36.0 Å². The number of nitrogens with zero attached hydrogens (tertiary/aromatic N) is 2. The summed E-state index contributed by atoms with van der Waals surface area (Å²) < 4.78 is 0. The monoisotopic (exact) mass is 229 g/mol. The number of rotatable bonds is 4. The van der Waals surface area contributed by atoms with Crippen molar-refractivity contribution in [1.82, 2.24) is 4.98 Å². The molecule has 3 nitrogen and oxygen atoms in total. The minimum atomic E-state index is 0.531. The first kappa shape index (κ1) is 11.9. The van der Waals surface area contributed by atoms with Crippen LogP contribution in [0.5, 0.6) is 0 Å². The summed E-state index contributed by atoms with van der Waals surface area (Å²) in [5.74, 6) is 0. The van der Waals surface area contributed by atoms with E-state index < -0.39 is 0 Å². The molecule has 90 valence electrons. The number of para-hydroxylation sites is 1. The van der Waals surface area contributed by atoms with E-state index in [1.807, 2.05) is 18.3 Å². The van der Waals surface area contributed by atoms with Gasteiger partial charge in [-0.25, -0.2) is 0 Å². The first-order chi connectivity index (χ1) is 8.31. The third-order valence-electron chi connectivity index (χ3n) is 3.12. The van der Waals surface area contributed by atoms with Crippen LogP contribution in [0.15, 0.2) is 30.5 Å². The third-order valence-corrected chi connectivity index (χ3v) is 3.12. The van der Waals surface area contributed by atoms with E-state index in [4.69, 9.17) is 5.73 Å². The Kier molecular flexibility index (Phi) is 3.59. The Morgan fingerprint density at radius 3 is 2.53 bits per heavy atom. The molecule has 0 unspecified atom stereocenters. The van der Waals surface area contributed by atoms with Crippen LogP contribution in [0.3, 0.4) is 0 Å². The Bertz CT molecular complexity index is 504. The van der Waals surface area contributed by atoms with Crippen molar-refractivity contribution in [2.45, 2.75) is 20.4 Å². The van der Waals surface area contributed by atoms with Gasteiger partial charge in [-0.15, -0.1) is 0 Å². The minimum absolute atomic E-state index is 0.531. The van der Waals surface area contributed by atoms with Gasteiger partial charge in [0, 0.05) is 36.8 Å². The number of hydrogen-bond acceptors (Lipinski definition) is 3. The van der Waals surface area contributed by atoms with Crippen molar-refractivity contribution >= 4 is 16.6 Å². The number of aromatic nitrogens is 1. The first-order valence-corrected chi connectivity index (χ1v) is 6.13. The standard InChI is InChI=1S/C14H19N3/c1-3-17(4-2)14-11(9-15)10-16-13-8-6-5-7-12(13)14/h5-8,10H,3-4,9,15H2,1-2H3. The highest BCUT2D eigenvalue weighted by atomic mass is 15.1. The summed E-state index contributed by atoms with van der Waals surface area (Å²) in [5.41, 5.74) is 9.21. The van der Waals surface area contributed by atoms with Gasteiger partial charge in [0.25, 0.3) is 0 Å². The molecule has 0 radical (unpaired) electrons. The summed E-state index contributed by atoms with van der Waals surface area (Å²) in [4.78, 5) is 6.80. The van der Waals surface area contributed by atoms with Gasteiger partial charge in [0.2, 0.25) is 0 Å². The zero-order valence-electron chi connectivity index (χ0n) is 10.5. The zero-order valence-corrected chi connectivity index (χ0v) is 10.5. The van der Waals surface area contributed by atoms with E-state index in [0.717, 1.165) is 24.2 Å². The highest BCUT2D eigenvalue weighted by Gasteiger charge is 2.12. The predicted octanol–water partition coefficient (Wildman–Crippen LogP) is 2.54. The van der Waals surface area contributed by atoms with Crippen molar-refractivity contribution in [2.75, 3.05) is 18.0 Å². The maximum atomic E-state index is 5.82. The van der Waals surface area contributed by atoms with Gasteiger partial charge in [0.05, 0.1) is 11.2 Å². The Balaban J connectivity index is 2.70. The highest BCUT2D eigenvalue weighted by molar-refractivity contribution is 5.93. The predicted molar refractivity (Wildman–Crippen MR) is 73.2 cm³/mol. The largest absolute Gasteiger partial charge is 0.371 e. The summed E-state index contributed by atoms with van der Waals surface area (Å²) in [7, 11) is 0. The van der Waals surface area contributed by atoms with Gasteiger partial charge in [0.1, 0.15) is 0 Å². The molecule has 0 atom stereocenters. The van der Waals surface area contributed by atoms with Crippen molar-refractivity contribution in [3.63, 3.8) is 0 Å². The van der Waals surface area contributed by atoms with Crippen LogP contribution in [0.25, 0.3) is 10.9 Å². The molecule has 0 aliphatic rings. The Hall–Kier alpha value is -1.61. The molecule has 0 fully saturated rings. The fourth-order valence-corrected chi connectivity index (χ4v) is 2.23. The van der Waals surface area contributed by atoms with E-state index in [0.29, 0.717) is 6.54 Å². The molecular formula is C14H19N3. The maximum absolute atomic E-state index is 5.82. The van der Waals surface area contributed by atoms with Gasteiger partial charge < -0.3 is 10.6 Å². The van der Waals surface area contributed by atoms with Gasteiger partial charge >= 0.3 is 0 Å². The normalized spacial score (nSPS) is 10.8. The molecular weight excluding hydrogens is 210 g/mol. The van der Waals surface area contributed by atoms with Crippen LogP contribution < -0.4 is 10.6 Å². The number of anilines is 1. The second-order valence-electron chi connectivity index (χ2n) is 4.03. The summed E-state index contributed by atoms with van der Waals surface area (Å²) in [5, 5.41) is 1.19. The van der Waals surface area contributed by atoms with Crippen LogP contribution in [-0.4, -0.2) is 18.1 Å². The van der Waals surface area contributed by atoms with Crippen molar-refractivity contribution in [2.24, 2.45) is 5.73 Å². The number of nitrogens with two attached hydrogens (primary N) is 1. The number of hydrogen-bond donors (Lipinski definition) is 1. The lowest BCUT2D eigenvalue weighted by molar-refractivity contribution is 0.856. The minimum Gasteiger partial charge on any atom is -0.371 e. The van der Waals surface area contributed by atoms with E-state index in [9.17, 15) is 0 Å². The molecule has 1 aromatic carbocycles. The lowest BCUT2D eigenvalue weighted by atomic mass is 10.1. The smallest absolute Gasteiger partial charge is 0.0723 e. The van der Waals surface area contributed by atoms with Crippen LogP contribution in [0.1, 0.15) is 19.4 Å². The van der Waals surface area contributed by atoms with Crippen LogP contribution in [0.2, 0.25) is 0 Å². The Labute approximate surface area is 102 Å². The molecule has 17 heavy (non-hydrogen) atoms. The van der Waals surface area contributed by atoms with Gasteiger partial charge in [-0.3, -0.25) is 4.98 Å². The average Bonchev–Trinajstić information content (AvgIpc) is 2.40. The fraction of sp³-hybridized carbons (Fsp3) is 0.357. The second kappa shape index (κ2) is 5.15. The number of fused-ring (bicyclic) bond motifs is 1. The van der Waals surface area contributed by atoms with E-state index in [1.54, 1.807) is 0 Å². The van der Waals surface area contributed by atoms with E-state index >= 15 is 0 Å². The quantitative estimate of drug-likeness (QED) is 0.876. The number of benzene rings is 1. The van der Waals surface area contributed by atoms with Gasteiger partial charge in [-0.1, -0.05) is 18.2 Å². The van der Waals surface area contributed by atoms with Crippen molar-refractivity contribution < 1.29 is 0 Å². The van der Waals surface area contributed by atoms with Crippen LogP contribution in [0, 0.1) is 0 Å². The van der Waals surface area contributed by atoms with Crippen molar-refractivity contribution in [3.8, 4) is 0 Å². The molecule has 0 aliphatic heterocycles. The van der Waals surface area contributed by atoms with Crippen LogP contribution >= 0.6 is 0 Å². The molecule has 1 heterocycles. The molecule has 2 aromatic rings. The van der Waals surface area contributed by atoms with E-state index in [-0.39, 0.29) is 0 Å². The van der Waals surface area contributed by atoms with E-state index in [1.165, 1.54) is 11.1 Å². The summed E-state index contributed by atoms with van der Waals surface area (Å²) >= 11 is 0. The zero-order chi connectivity index (χ0) is 12.3. The molecule has 0 spiro atoms. The van der Waals surface area contributed by atoms with Gasteiger partial charge in [-0.2, -0.15) is 0 Å². The van der Waals surface area contributed by atoms with Gasteiger partial charge in [-0.05, 0) is 19.9 Å². The first-order valence-electron chi connectivity index (χ1n) is 6.13. The summed E-state index contributed by atoms with van der Waals surface area (Å²) in [6, 6.07) is 8.23. The molecule has 2 N–H and O–H groups in total. The molecule has 0 bridgehead atoms. The highest BCUT2D eigenvalue weighted by Crippen LogP contribution is 2.29. The molecule has 0 amide bonds. The van der Waals surface area contributed by atoms with E-state index in [2.05, 4.69) is 35.9 Å². The second-order valence-corrected chi connectivity index (χ2v) is 4.03. The lowest BCUT2D eigenvalue weighted by Gasteiger charge is -2.25. The molecule has 2 rings (SSSR count). The molecule has 3 heteroatoms. The molecule has 1 aromatic heterocycles. The van der Waals surface area contributed by atoms with Crippen molar-refractivity contribution in [1.29, 1.82) is 0 Å². The third kappa shape index (κ3) is 2.11. The molecule has 0 saturated carbocycles. The lowest BCUT2D eigenvalue weighted by Crippen LogP contribution is -2.24. The summed E-state index contributed by atoms with van der Waals surface area (Å²) in [6.07, 6.45) is 1.90. The summed E-state index contributed by atoms with van der Waals surface area (Å²) in [6.45, 7) is 6.83. The van der Waals surface area contributed by atoms with Crippen LogP contribution in [-0.2, 0) is 6.54 Å². The SMILES string of the molecule is CCN(CC)c1c(CN)cnc2ccccc12. The molecule has 0 saturated heterocycles. The average molecular weight is 229 g/mol. The molecule has 0 aliphatic carbocycles. The van der Waals surface area contributed by atoms with Gasteiger partial charge in [0.15, 0.2) is 0 Å².